The molecule has 2 aromatic rings. The largest absolute Gasteiger partial charge is 0.497 e. The molecule has 0 spiro atoms. The van der Waals surface area contributed by atoms with Gasteiger partial charge in [-0.1, -0.05) is 23.7 Å². The van der Waals surface area contributed by atoms with Gasteiger partial charge < -0.3 is 14.8 Å². The van der Waals surface area contributed by atoms with Gasteiger partial charge in [0.2, 0.25) is 15.9 Å². The summed E-state index contributed by atoms with van der Waals surface area (Å²) < 4.78 is 37.4. The van der Waals surface area contributed by atoms with Crippen LogP contribution in [0.4, 0.5) is 0 Å². The zero-order chi connectivity index (χ0) is 20.7. The average Bonchev–Trinajstić information content (AvgIpc) is 2.68. The summed E-state index contributed by atoms with van der Waals surface area (Å²) in [6.45, 7) is 1.86. The van der Waals surface area contributed by atoms with E-state index in [1.807, 2.05) is 24.3 Å². The number of nitrogens with one attached hydrogen (secondary N) is 2. The van der Waals surface area contributed by atoms with Gasteiger partial charge in [0.05, 0.1) is 30.2 Å². The van der Waals surface area contributed by atoms with E-state index in [0.29, 0.717) is 18.7 Å². The fourth-order valence-corrected chi connectivity index (χ4v) is 4.00. The van der Waals surface area contributed by atoms with Crippen LogP contribution in [0.15, 0.2) is 47.4 Å². The molecule has 7 nitrogen and oxygen atoms in total. The van der Waals surface area contributed by atoms with E-state index in [9.17, 15) is 13.2 Å². The fourth-order valence-electron chi connectivity index (χ4n) is 2.44. The number of hydrogen-bond donors (Lipinski definition) is 2. The summed E-state index contributed by atoms with van der Waals surface area (Å²) in [5.74, 6) is 0.705. The summed E-state index contributed by atoms with van der Waals surface area (Å²) in [6, 6.07) is 10.6. The second kappa shape index (κ2) is 9.77. The lowest BCUT2D eigenvalue weighted by atomic mass is 10.1. The summed E-state index contributed by atoms with van der Waals surface area (Å²) >= 11 is 5.98. The number of ether oxygens (including phenoxy) is 2. The maximum atomic E-state index is 12.5. The van der Waals surface area contributed by atoms with E-state index < -0.39 is 22.0 Å². The van der Waals surface area contributed by atoms with Crippen LogP contribution in [-0.4, -0.2) is 41.1 Å². The Balaban J connectivity index is 1.90. The Bertz CT molecular complexity index is 916. The van der Waals surface area contributed by atoms with Crippen LogP contribution in [0.25, 0.3) is 0 Å². The molecule has 9 heteroatoms. The maximum absolute atomic E-state index is 12.5. The van der Waals surface area contributed by atoms with Crippen molar-refractivity contribution in [1.82, 2.24) is 10.0 Å². The first kappa shape index (κ1) is 22.0. The monoisotopic (exact) mass is 426 g/mol. The molecule has 0 aromatic heterocycles. The molecule has 0 fully saturated rings. The average molecular weight is 427 g/mol. The summed E-state index contributed by atoms with van der Waals surface area (Å²) in [4.78, 5) is 12.2. The predicted octanol–water partition coefficient (Wildman–Crippen LogP) is 2.38. The molecule has 0 aliphatic heterocycles. The first-order chi connectivity index (χ1) is 13.3. The number of methoxy groups -OCH3 is 2. The first-order valence-corrected chi connectivity index (χ1v) is 10.4. The number of sulfonamides is 1. The van der Waals surface area contributed by atoms with E-state index in [2.05, 4.69) is 10.0 Å². The van der Waals surface area contributed by atoms with Gasteiger partial charge in [0.25, 0.3) is 0 Å². The van der Waals surface area contributed by atoms with E-state index >= 15 is 0 Å². The highest BCUT2D eigenvalue weighted by Crippen LogP contribution is 2.26. The molecule has 0 aliphatic carbocycles. The van der Waals surface area contributed by atoms with Gasteiger partial charge >= 0.3 is 0 Å². The molecule has 0 unspecified atom stereocenters. The van der Waals surface area contributed by atoms with Gasteiger partial charge in [-0.05, 0) is 49.2 Å². The molecule has 0 saturated heterocycles. The Kier molecular flexibility index (Phi) is 7.68. The number of rotatable bonds is 9. The summed E-state index contributed by atoms with van der Waals surface area (Å²) in [7, 11) is -0.870. The first-order valence-electron chi connectivity index (χ1n) is 8.53. The molecule has 1 atom stereocenters. The molecular weight excluding hydrogens is 404 g/mol. The molecule has 0 bridgehead atoms. The van der Waals surface area contributed by atoms with Gasteiger partial charge in [0, 0.05) is 6.54 Å². The van der Waals surface area contributed by atoms with Crippen molar-refractivity contribution in [2.45, 2.75) is 24.3 Å². The van der Waals surface area contributed by atoms with E-state index in [-0.39, 0.29) is 9.92 Å². The van der Waals surface area contributed by atoms with Crippen LogP contribution in [0.5, 0.6) is 11.5 Å². The molecule has 0 saturated carbocycles. The molecule has 28 heavy (non-hydrogen) atoms. The minimum absolute atomic E-state index is 0.0452. The molecule has 0 aliphatic rings. The molecule has 2 aromatic carbocycles. The van der Waals surface area contributed by atoms with Gasteiger partial charge in [-0.2, -0.15) is 4.72 Å². The Labute approximate surface area is 170 Å². The number of carbonyl (C=O) groups excluding carboxylic acids is 1. The van der Waals surface area contributed by atoms with Gasteiger partial charge in [-0.15, -0.1) is 0 Å². The number of hydrogen-bond acceptors (Lipinski definition) is 5. The highest BCUT2D eigenvalue weighted by molar-refractivity contribution is 7.89. The minimum Gasteiger partial charge on any atom is -0.497 e. The van der Waals surface area contributed by atoms with Crippen LogP contribution < -0.4 is 19.5 Å². The molecular formula is C19H23ClN2O5S. The third-order valence-corrected chi connectivity index (χ3v) is 5.86. The highest BCUT2D eigenvalue weighted by Gasteiger charge is 2.22. The van der Waals surface area contributed by atoms with Crippen molar-refractivity contribution in [3.05, 3.63) is 53.1 Å². The second-order valence-corrected chi connectivity index (χ2v) is 8.15. The number of halogens is 1. The van der Waals surface area contributed by atoms with Crippen molar-refractivity contribution in [2.24, 2.45) is 0 Å². The summed E-state index contributed by atoms with van der Waals surface area (Å²) in [5.41, 5.74) is 1.03. The summed E-state index contributed by atoms with van der Waals surface area (Å²) in [6.07, 6.45) is 0.614. The molecule has 0 radical (unpaired) electrons. The molecule has 2 rings (SSSR count). The van der Waals surface area contributed by atoms with E-state index in [1.165, 1.54) is 32.2 Å². The third kappa shape index (κ3) is 5.85. The Hall–Kier alpha value is -2.29. The van der Waals surface area contributed by atoms with Crippen LogP contribution >= 0.6 is 11.6 Å². The zero-order valence-corrected chi connectivity index (χ0v) is 17.4. The lowest BCUT2D eigenvalue weighted by Crippen LogP contribution is -2.45. The van der Waals surface area contributed by atoms with E-state index in [0.717, 1.165) is 11.3 Å². The van der Waals surface area contributed by atoms with Crippen molar-refractivity contribution >= 4 is 27.5 Å². The SMILES string of the molecule is COc1ccc(CCNC(=O)[C@@H](C)NS(=O)(=O)c2ccc(OC)c(Cl)c2)cc1. The standard InChI is InChI=1S/C19H23ClN2O5S/c1-13(19(23)21-11-10-14-4-6-15(26-2)7-5-14)22-28(24,25)16-8-9-18(27-3)17(20)12-16/h4-9,12-13,22H,10-11H2,1-3H3,(H,21,23)/t13-/m1/s1. The van der Waals surface area contributed by atoms with Gasteiger partial charge in [-0.3, -0.25) is 4.79 Å². The van der Waals surface area contributed by atoms with Gasteiger partial charge in [0.1, 0.15) is 11.5 Å². The lowest BCUT2D eigenvalue weighted by molar-refractivity contribution is -0.122. The molecule has 2 N–H and O–H groups in total. The fraction of sp³-hybridized carbons (Fsp3) is 0.316. The van der Waals surface area contributed by atoms with Gasteiger partial charge in [0.15, 0.2) is 0 Å². The van der Waals surface area contributed by atoms with Crippen molar-refractivity contribution < 1.29 is 22.7 Å². The molecule has 0 heterocycles. The summed E-state index contributed by atoms with van der Waals surface area (Å²) in [5, 5.41) is 2.89. The van der Waals surface area contributed by atoms with Crippen molar-refractivity contribution in [3.63, 3.8) is 0 Å². The van der Waals surface area contributed by atoms with Crippen LogP contribution in [0.3, 0.4) is 0 Å². The Morgan fingerprint density at radius 2 is 1.79 bits per heavy atom. The van der Waals surface area contributed by atoms with Crippen LogP contribution in [-0.2, 0) is 21.2 Å². The van der Waals surface area contributed by atoms with E-state index in [4.69, 9.17) is 21.1 Å². The van der Waals surface area contributed by atoms with Crippen molar-refractivity contribution in [2.75, 3.05) is 20.8 Å². The highest BCUT2D eigenvalue weighted by atomic mass is 35.5. The Morgan fingerprint density at radius 3 is 2.36 bits per heavy atom. The predicted molar refractivity (Wildman–Crippen MR) is 107 cm³/mol. The Morgan fingerprint density at radius 1 is 1.11 bits per heavy atom. The van der Waals surface area contributed by atoms with Crippen LogP contribution in [0.1, 0.15) is 12.5 Å². The molecule has 152 valence electrons. The quantitative estimate of drug-likeness (QED) is 0.642. The van der Waals surface area contributed by atoms with Crippen molar-refractivity contribution in [3.8, 4) is 11.5 Å². The zero-order valence-electron chi connectivity index (χ0n) is 15.9. The van der Waals surface area contributed by atoms with Crippen molar-refractivity contribution in [1.29, 1.82) is 0 Å². The number of carbonyl (C=O) groups is 1. The topological polar surface area (TPSA) is 93.7 Å². The van der Waals surface area contributed by atoms with Crippen LogP contribution in [0, 0.1) is 0 Å². The number of benzene rings is 2. The maximum Gasteiger partial charge on any atom is 0.241 e. The van der Waals surface area contributed by atoms with Gasteiger partial charge in [-0.25, -0.2) is 8.42 Å². The smallest absolute Gasteiger partial charge is 0.241 e. The normalized spacial score (nSPS) is 12.3. The number of amides is 1. The van der Waals surface area contributed by atoms with Crippen LogP contribution in [0.2, 0.25) is 5.02 Å². The third-order valence-electron chi connectivity index (χ3n) is 4.03. The van der Waals surface area contributed by atoms with E-state index in [1.54, 1.807) is 7.11 Å². The molecule has 1 amide bonds. The minimum atomic E-state index is -3.90. The lowest BCUT2D eigenvalue weighted by Gasteiger charge is -2.15. The second-order valence-electron chi connectivity index (χ2n) is 6.03.